The summed E-state index contributed by atoms with van der Waals surface area (Å²) in [5.41, 5.74) is 8.83. The standard InChI is InChI=1S/C16H19N3O/c1-3-10-20-13-6-4-12(5-7-13)15-9-8-14(16(17)18)11(2)19-15/h4-9H,3,10H2,1-2H3,(H3,17,18). The molecule has 0 atom stereocenters. The second kappa shape index (κ2) is 6.19. The van der Waals surface area contributed by atoms with Crippen LogP contribution in [0.5, 0.6) is 5.75 Å². The summed E-state index contributed by atoms with van der Waals surface area (Å²) >= 11 is 0. The number of benzene rings is 1. The van der Waals surface area contributed by atoms with Gasteiger partial charge in [-0.05, 0) is 49.7 Å². The molecule has 4 heteroatoms. The Bertz CT molecular complexity index is 606. The quantitative estimate of drug-likeness (QED) is 0.647. The molecule has 0 unspecified atom stereocenters. The molecule has 0 amide bonds. The third-order valence-corrected chi connectivity index (χ3v) is 3.00. The number of rotatable bonds is 5. The van der Waals surface area contributed by atoms with Crippen LogP contribution in [0.4, 0.5) is 0 Å². The fourth-order valence-corrected chi connectivity index (χ4v) is 1.95. The second-order valence-electron chi connectivity index (χ2n) is 4.62. The summed E-state index contributed by atoms with van der Waals surface area (Å²) < 4.78 is 5.56. The molecular formula is C16H19N3O. The van der Waals surface area contributed by atoms with Crippen molar-refractivity contribution in [3.05, 3.63) is 47.7 Å². The first kappa shape index (κ1) is 14.1. The van der Waals surface area contributed by atoms with Gasteiger partial charge in [-0.2, -0.15) is 0 Å². The minimum Gasteiger partial charge on any atom is -0.494 e. The molecule has 0 bridgehead atoms. The van der Waals surface area contributed by atoms with Crippen molar-refractivity contribution in [2.75, 3.05) is 6.61 Å². The van der Waals surface area contributed by atoms with E-state index in [2.05, 4.69) is 11.9 Å². The molecule has 1 heterocycles. The van der Waals surface area contributed by atoms with Gasteiger partial charge < -0.3 is 10.5 Å². The van der Waals surface area contributed by atoms with Crippen molar-refractivity contribution < 1.29 is 4.74 Å². The van der Waals surface area contributed by atoms with Crippen LogP contribution in [0, 0.1) is 12.3 Å². The molecular weight excluding hydrogens is 250 g/mol. The summed E-state index contributed by atoms with van der Waals surface area (Å²) in [5.74, 6) is 0.914. The minimum atomic E-state index is 0.0462. The molecule has 0 fully saturated rings. The highest BCUT2D eigenvalue weighted by atomic mass is 16.5. The molecule has 0 saturated heterocycles. The van der Waals surface area contributed by atoms with Gasteiger partial charge in [-0.1, -0.05) is 6.92 Å². The molecule has 0 radical (unpaired) electrons. The van der Waals surface area contributed by atoms with E-state index in [1.165, 1.54) is 0 Å². The van der Waals surface area contributed by atoms with Crippen molar-refractivity contribution in [3.63, 3.8) is 0 Å². The topological polar surface area (TPSA) is 72.0 Å². The Morgan fingerprint density at radius 3 is 2.45 bits per heavy atom. The van der Waals surface area contributed by atoms with Gasteiger partial charge in [-0.15, -0.1) is 0 Å². The molecule has 0 saturated carbocycles. The number of nitrogens with zero attached hydrogens (tertiary/aromatic N) is 1. The zero-order valence-electron chi connectivity index (χ0n) is 11.8. The van der Waals surface area contributed by atoms with E-state index in [0.717, 1.165) is 35.7 Å². The van der Waals surface area contributed by atoms with Crippen LogP contribution in [-0.4, -0.2) is 17.4 Å². The Labute approximate surface area is 119 Å². The normalized spacial score (nSPS) is 10.3. The third kappa shape index (κ3) is 3.15. The van der Waals surface area contributed by atoms with Crippen molar-refractivity contribution in [1.82, 2.24) is 4.98 Å². The Balaban J connectivity index is 2.23. The van der Waals surface area contributed by atoms with Crippen LogP contribution in [0.25, 0.3) is 11.3 Å². The number of nitrogens with two attached hydrogens (primary N) is 1. The molecule has 0 aliphatic rings. The lowest BCUT2D eigenvalue weighted by atomic mass is 10.1. The average molecular weight is 269 g/mol. The maximum atomic E-state index is 7.47. The van der Waals surface area contributed by atoms with E-state index >= 15 is 0 Å². The van der Waals surface area contributed by atoms with E-state index in [1.807, 2.05) is 43.3 Å². The lowest BCUT2D eigenvalue weighted by Gasteiger charge is -2.08. The van der Waals surface area contributed by atoms with Crippen LogP contribution >= 0.6 is 0 Å². The lowest BCUT2D eigenvalue weighted by Crippen LogP contribution is -2.13. The Hall–Kier alpha value is -2.36. The number of pyridine rings is 1. The summed E-state index contributed by atoms with van der Waals surface area (Å²) in [4.78, 5) is 4.49. The van der Waals surface area contributed by atoms with Crippen LogP contribution in [0.3, 0.4) is 0 Å². The highest BCUT2D eigenvalue weighted by Gasteiger charge is 2.06. The SMILES string of the molecule is CCCOc1ccc(-c2ccc(C(=N)N)c(C)n2)cc1. The zero-order valence-corrected chi connectivity index (χ0v) is 11.8. The molecule has 2 rings (SSSR count). The maximum Gasteiger partial charge on any atom is 0.124 e. The summed E-state index contributed by atoms with van der Waals surface area (Å²) in [5, 5.41) is 7.47. The van der Waals surface area contributed by atoms with Crippen molar-refractivity contribution in [1.29, 1.82) is 5.41 Å². The molecule has 2 aromatic rings. The lowest BCUT2D eigenvalue weighted by molar-refractivity contribution is 0.317. The Morgan fingerprint density at radius 1 is 1.20 bits per heavy atom. The van der Waals surface area contributed by atoms with Crippen LogP contribution in [0.15, 0.2) is 36.4 Å². The molecule has 0 aliphatic carbocycles. The molecule has 0 spiro atoms. The Morgan fingerprint density at radius 2 is 1.90 bits per heavy atom. The van der Waals surface area contributed by atoms with Gasteiger partial charge in [0.25, 0.3) is 0 Å². The van der Waals surface area contributed by atoms with E-state index in [1.54, 1.807) is 0 Å². The summed E-state index contributed by atoms with van der Waals surface area (Å²) in [6, 6.07) is 11.6. The minimum absolute atomic E-state index is 0.0462. The van der Waals surface area contributed by atoms with Crippen LogP contribution in [-0.2, 0) is 0 Å². The van der Waals surface area contributed by atoms with Gasteiger partial charge in [0.15, 0.2) is 0 Å². The predicted octanol–water partition coefficient (Wildman–Crippen LogP) is 3.13. The molecule has 104 valence electrons. The smallest absolute Gasteiger partial charge is 0.124 e. The molecule has 3 N–H and O–H groups in total. The van der Waals surface area contributed by atoms with Gasteiger partial charge in [-0.25, -0.2) is 0 Å². The molecule has 4 nitrogen and oxygen atoms in total. The van der Waals surface area contributed by atoms with E-state index in [9.17, 15) is 0 Å². The van der Waals surface area contributed by atoms with Gasteiger partial charge in [0.05, 0.1) is 12.3 Å². The van der Waals surface area contributed by atoms with E-state index in [0.29, 0.717) is 5.56 Å². The second-order valence-corrected chi connectivity index (χ2v) is 4.62. The molecule has 1 aromatic carbocycles. The van der Waals surface area contributed by atoms with E-state index < -0.39 is 0 Å². The van der Waals surface area contributed by atoms with Crippen LogP contribution < -0.4 is 10.5 Å². The maximum absolute atomic E-state index is 7.47. The van der Waals surface area contributed by atoms with Gasteiger partial charge in [0.1, 0.15) is 11.6 Å². The predicted molar refractivity (Wildman–Crippen MR) is 81.2 cm³/mol. The van der Waals surface area contributed by atoms with E-state index in [-0.39, 0.29) is 5.84 Å². The van der Waals surface area contributed by atoms with Crippen molar-refractivity contribution in [3.8, 4) is 17.0 Å². The number of aryl methyl sites for hydroxylation is 1. The van der Waals surface area contributed by atoms with Crippen LogP contribution in [0.2, 0.25) is 0 Å². The van der Waals surface area contributed by atoms with Crippen LogP contribution in [0.1, 0.15) is 24.6 Å². The molecule has 20 heavy (non-hydrogen) atoms. The summed E-state index contributed by atoms with van der Waals surface area (Å²) in [7, 11) is 0. The van der Waals surface area contributed by atoms with Crippen molar-refractivity contribution in [2.24, 2.45) is 5.73 Å². The summed E-state index contributed by atoms with van der Waals surface area (Å²) in [6.07, 6.45) is 0.995. The third-order valence-electron chi connectivity index (χ3n) is 3.00. The van der Waals surface area contributed by atoms with Crippen molar-refractivity contribution >= 4 is 5.84 Å². The average Bonchev–Trinajstić information content (AvgIpc) is 2.45. The number of nitrogens with one attached hydrogen (secondary N) is 1. The molecule has 0 aliphatic heterocycles. The number of nitrogen functional groups attached to an aromatic ring is 1. The fourth-order valence-electron chi connectivity index (χ4n) is 1.95. The number of amidine groups is 1. The number of ether oxygens (including phenoxy) is 1. The number of hydrogen-bond donors (Lipinski definition) is 2. The summed E-state index contributed by atoms with van der Waals surface area (Å²) in [6.45, 7) is 4.67. The Kier molecular flexibility index (Phi) is 4.35. The molecule has 1 aromatic heterocycles. The largest absolute Gasteiger partial charge is 0.494 e. The number of hydrogen-bond acceptors (Lipinski definition) is 3. The van der Waals surface area contributed by atoms with Gasteiger partial charge >= 0.3 is 0 Å². The fraction of sp³-hybridized carbons (Fsp3) is 0.250. The van der Waals surface area contributed by atoms with E-state index in [4.69, 9.17) is 15.9 Å². The first-order valence-corrected chi connectivity index (χ1v) is 6.67. The van der Waals surface area contributed by atoms with Gasteiger partial charge in [-0.3, -0.25) is 10.4 Å². The first-order chi connectivity index (χ1) is 9.61. The first-order valence-electron chi connectivity index (χ1n) is 6.67. The van der Waals surface area contributed by atoms with Gasteiger partial charge in [0.2, 0.25) is 0 Å². The van der Waals surface area contributed by atoms with Gasteiger partial charge in [0, 0.05) is 16.8 Å². The number of aromatic nitrogens is 1. The zero-order chi connectivity index (χ0) is 14.5. The highest BCUT2D eigenvalue weighted by Crippen LogP contribution is 2.22. The monoisotopic (exact) mass is 269 g/mol. The highest BCUT2D eigenvalue weighted by molar-refractivity contribution is 5.96. The van der Waals surface area contributed by atoms with Crippen molar-refractivity contribution in [2.45, 2.75) is 20.3 Å².